The number of ether oxygens (including phenoxy) is 1. The molecule has 0 radical (unpaired) electrons. The summed E-state index contributed by atoms with van der Waals surface area (Å²) in [6, 6.07) is 5.54. The molecule has 0 aliphatic carbocycles. The maximum atomic E-state index is 9.75. The zero-order valence-corrected chi connectivity index (χ0v) is 10.9. The predicted molar refractivity (Wildman–Crippen MR) is 66.5 cm³/mol. The van der Waals surface area contributed by atoms with Gasteiger partial charge in [0, 0.05) is 29.7 Å². The van der Waals surface area contributed by atoms with Crippen LogP contribution in [0.25, 0.3) is 0 Å². The maximum Gasteiger partial charge on any atom is 0.120 e. The van der Waals surface area contributed by atoms with E-state index in [1.165, 1.54) is 0 Å². The summed E-state index contributed by atoms with van der Waals surface area (Å²) < 4.78 is 6.49. The van der Waals surface area contributed by atoms with Gasteiger partial charge in [0.25, 0.3) is 0 Å². The van der Waals surface area contributed by atoms with Gasteiger partial charge in [-0.1, -0.05) is 15.9 Å². The standard InChI is InChI=1S/C12H16BrNO2/c1-9-7-14(4-5-16-9)8-10-6-11(13)2-3-12(10)15/h2-3,6,9,15H,4-5,7-8H2,1H3. The first kappa shape index (κ1) is 11.9. The molecular formula is C12H16BrNO2. The summed E-state index contributed by atoms with van der Waals surface area (Å²) >= 11 is 3.42. The van der Waals surface area contributed by atoms with Gasteiger partial charge in [0.05, 0.1) is 12.7 Å². The van der Waals surface area contributed by atoms with Crippen molar-refractivity contribution < 1.29 is 9.84 Å². The highest BCUT2D eigenvalue weighted by atomic mass is 79.9. The average Bonchev–Trinajstić information content (AvgIpc) is 2.24. The fourth-order valence-corrected chi connectivity index (χ4v) is 2.36. The lowest BCUT2D eigenvalue weighted by atomic mass is 10.1. The summed E-state index contributed by atoms with van der Waals surface area (Å²) in [5.41, 5.74) is 0.962. The predicted octanol–water partition coefficient (Wildman–Crippen LogP) is 2.38. The summed E-state index contributed by atoms with van der Waals surface area (Å²) in [5, 5.41) is 9.75. The van der Waals surface area contributed by atoms with Crippen LogP contribution in [0.5, 0.6) is 5.75 Å². The zero-order chi connectivity index (χ0) is 11.5. The lowest BCUT2D eigenvalue weighted by Crippen LogP contribution is -2.40. The third kappa shape index (κ3) is 2.97. The van der Waals surface area contributed by atoms with E-state index >= 15 is 0 Å². The van der Waals surface area contributed by atoms with Crippen LogP contribution in [-0.4, -0.2) is 35.8 Å². The first-order chi connectivity index (χ1) is 7.65. The Morgan fingerprint density at radius 1 is 1.56 bits per heavy atom. The van der Waals surface area contributed by atoms with Gasteiger partial charge in [-0.25, -0.2) is 0 Å². The Kier molecular flexibility index (Phi) is 3.84. The van der Waals surface area contributed by atoms with Gasteiger partial charge in [-0.2, -0.15) is 0 Å². The number of hydrogen-bond donors (Lipinski definition) is 1. The normalized spacial score (nSPS) is 22.2. The summed E-state index contributed by atoms with van der Waals surface area (Å²) in [4.78, 5) is 2.30. The molecule has 0 amide bonds. The molecule has 1 N–H and O–H groups in total. The van der Waals surface area contributed by atoms with Crippen molar-refractivity contribution in [3.8, 4) is 5.75 Å². The number of hydrogen-bond acceptors (Lipinski definition) is 3. The van der Waals surface area contributed by atoms with Gasteiger partial charge in [0.2, 0.25) is 0 Å². The van der Waals surface area contributed by atoms with Crippen LogP contribution in [0.4, 0.5) is 0 Å². The van der Waals surface area contributed by atoms with Crippen LogP contribution in [0.15, 0.2) is 22.7 Å². The highest BCUT2D eigenvalue weighted by molar-refractivity contribution is 9.10. The molecule has 2 rings (SSSR count). The van der Waals surface area contributed by atoms with Gasteiger partial charge in [-0.05, 0) is 25.1 Å². The highest BCUT2D eigenvalue weighted by Gasteiger charge is 2.17. The summed E-state index contributed by atoms with van der Waals surface area (Å²) in [6.45, 7) is 5.48. The quantitative estimate of drug-likeness (QED) is 0.906. The van der Waals surface area contributed by atoms with Crippen molar-refractivity contribution in [2.75, 3.05) is 19.7 Å². The van der Waals surface area contributed by atoms with Crippen molar-refractivity contribution in [2.45, 2.75) is 19.6 Å². The van der Waals surface area contributed by atoms with Crippen LogP contribution in [-0.2, 0) is 11.3 Å². The van der Waals surface area contributed by atoms with Gasteiger partial charge < -0.3 is 9.84 Å². The molecule has 1 atom stereocenters. The monoisotopic (exact) mass is 285 g/mol. The Balaban J connectivity index is 2.05. The van der Waals surface area contributed by atoms with E-state index in [9.17, 15) is 5.11 Å². The van der Waals surface area contributed by atoms with Crippen LogP contribution >= 0.6 is 15.9 Å². The van der Waals surface area contributed by atoms with Gasteiger partial charge in [0.1, 0.15) is 5.75 Å². The van der Waals surface area contributed by atoms with E-state index in [1.54, 1.807) is 6.07 Å². The average molecular weight is 286 g/mol. The fraction of sp³-hybridized carbons (Fsp3) is 0.500. The maximum absolute atomic E-state index is 9.75. The Bertz CT molecular complexity index is 370. The second kappa shape index (κ2) is 5.17. The van der Waals surface area contributed by atoms with Crippen molar-refractivity contribution in [2.24, 2.45) is 0 Å². The second-order valence-electron chi connectivity index (χ2n) is 4.19. The fourth-order valence-electron chi connectivity index (χ4n) is 1.96. The van der Waals surface area contributed by atoms with Crippen molar-refractivity contribution in [3.63, 3.8) is 0 Å². The molecule has 1 aromatic carbocycles. The Labute approximate surface area is 104 Å². The minimum absolute atomic E-state index is 0.281. The van der Waals surface area contributed by atoms with Crippen molar-refractivity contribution in [1.82, 2.24) is 4.90 Å². The van der Waals surface area contributed by atoms with Crippen molar-refractivity contribution >= 4 is 15.9 Å². The molecule has 1 unspecified atom stereocenters. The number of phenolic OH excluding ortho intramolecular Hbond substituents is 1. The van der Waals surface area contributed by atoms with E-state index in [-0.39, 0.29) is 6.10 Å². The number of rotatable bonds is 2. The smallest absolute Gasteiger partial charge is 0.120 e. The van der Waals surface area contributed by atoms with Crippen LogP contribution in [0.3, 0.4) is 0 Å². The first-order valence-corrected chi connectivity index (χ1v) is 6.26. The van der Waals surface area contributed by atoms with E-state index < -0.39 is 0 Å². The molecule has 1 aromatic rings. The minimum atomic E-state index is 0.281. The van der Waals surface area contributed by atoms with Gasteiger partial charge in [0.15, 0.2) is 0 Å². The van der Waals surface area contributed by atoms with Gasteiger partial charge in [-0.3, -0.25) is 4.90 Å². The lowest BCUT2D eigenvalue weighted by molar-refractivity contribution is -0.0214. The minimum Gasteiger partial charge on any atom is -0.508 e. The Morgan fingerprint density at radius 2 is 2.38 bits per heavy atom. The molecule has 16 heavy (non-hydrogen) atoms. The van der Waals surface area contributed by atoms with Crippen LogP contribution in [0, 0.1) is 0 Å². The van der Waals surface area contributed by atoms with Gasteiger partial charge >= 0.3 is 0 Å². The molecule has 0 saturated carbocycles. The van der Waals surface area contributed by atoms with E-state index in [4.69, 9.17) is 4.74 Å². The molecule has 1 fully saturated rings. The molecular weight excluding hydrogens is 270 g/mol. The number of nitrogens with zero attached hydrogens (tertiary/aromatic N) is 1. The van der Waals surface area contributed by atoms with Crippen LogP contribution in [0.2, 0.25) is 0 Å². The van der Waals surface area contributed by atoms with E-state index in [0.717, 1.165) is 36.3 Å². The molecule has 0 spiro atoms. The van der Waals surface area contributed by atoms with E-state index in [1.807, 2.05) is 12.1 Å². The molecule has 0 bridgehead atoms. The van der Waals surface area contributed by atoms with E-state index in [2.05, 4.69) is 27.8 Å². The van der Waals surface area contributed by atoms with Crippen molar-refractivity contribution in [1.29, 1.82) is 0 Å². The number of phenols is 1. The van der Waals surface area contributed by atoms with Crippen LogP contribution in [0.1, 0.15) is 12.5 Å². The Morgan fingerprint density at radius 3 is 3.12 bits per heavy atom. The number of aromatic hydroxyl groups is 1. The molecule has 1 aliphatic heterocycles. The van der Waals surface area contributed by atoms with Gasteiger partial charge in [-0.15, -0.1) is 0 Å². The second-order valence-corrected chi connectivity index (χ2v) is 5.11. The molecule has 0 aromatic heterocycles. The van der Waals surface area contributed by atoms with E-state index in [0.29, 0.717) is 5.75 Å². The molecule has 1 heterocycles. The highest BCUT2D eigenvalue weighted by Crippen LogP contribution is 2.23. The molecule has 3 nitrogen and oxygen atoms in total. The molecule has 88 valence electrons. The topological polar surface area (TPSA) is 32.7 Å². The third-order valence-electron chi connectivity index (χ3n) is 2.76. The largest absolute Gasteiger partial charge is 0.508 e. The summed E-state index contributed by atoms with van der Waals surface area (Å²) in [7, 11) is 0. The molecule has 1 aliphatic rings. The van der Waals surface area contributed by atoms with Crippen molar-refractivity contribution in [3.05, 3.63) is 28.2 Å². The number of halogens is 1. The summed E-state index contributed by atoms with van der Waals surface area (Å²) in [6.07, 6.45) is 0.281. The zero-order valence-electron chi connectivity index (χ0n) is 9.32. The molecule has 4 heteroatoms. The number of benzene rings is 1. The SMILES string of the molecule is CC1CN(Cc2cc(Br)ccc2O)CCO1. The number of morpholine rings is 1. The molecule has 1 saturated heterocycles. The Hall–Kier alpha value is -0.580. The first-order valence-electron chi connectivity index (χ1n) is 5.46. The summed E-state index contributed by atoms with van der Waals surface area (Å²) in [5.74, 6) is 0.363. The third-order valence-corrected chi connectivity index (χ3v) is 3.25. The van der Waals surface area contributed by atoms with Crippen LogP contribution < -0.4 is 0 Å². The lowest BCUT2D eigenvalue weighted by Gasteiger charge is -2.31.